The summed E-state index contributed by atoms with van der Waals surface area (Å²) in [4.78, 5) is 4.24. The van der Waals surface area contributed by atoms with E-state index in [1.165, 1.54) is 0 Å². The molecule has 0 saturated carbocycles. The lowest BCUT2D eigenvalue weighted by Crippen LogP contribution is -1.90. The van der Waals surface area contributed by atoms with Crippen molar-refractivity contribution >= 4 is 10.9 Å². The van der Waals surface area contributed by atoms with Gasteiger partial charge in [-0.15, -0.1) is 0 Å². The Bertz CT molecular complexity index is 555. The second kappa shape index (κ2) is 3.58. The SMILES string of the molecule is COc1ccc(C)c2cc(C#N)cnc12. The summed E-state index contributed by atoms with van der Waals surface area (Å²) in [6, 6.07) is 7.76. The van der Waals surface area contributed by atoms with E-state index in [4.69, 9.17) is 10.00 Å². The molecular formula is C12H10N2O. The van der Waals surface area contributed by atoms with Crippen LogP contribution in [0, 0.1) is 18.3 Å². The third-order valence-corrected chi connectivity index (χ3v) is 2.38. The van der Waals surface area contributed by atoms with Crippen molar-refractivity contribution in [3.05, 3.63) is 35.5 Å². The Hall–Kier alpha value is -2.08. The molecule has 15 heavy (non-hydrogen) atoms. The monoisotopic (exact) mass is 198 g/mol. The van der Waals surface area contributed by atoms with Crippen LogP contribution in [0.5, 0.6) is 5.75 Å². The van der Waals surface area contributed by atoms with Crippen molar-refractivity contribution in [2.75, 3.05) is 7.11 Å². The molecule has 0 aliphatic rings. The number of aryl methyl sites for hydroxylation is 1. The average molecular weight is 198 g/mol. The van der Waals surface area contributed by atoms with E-state index in [2.05, 4.69) is 11.1 Å². The summed E-state index contributed by atoms with van der Waals surface area (Å²) >= 11 is 0. The minimum atomic E-state index is 0.568. The molecule has 0 aliphatic carbocycles. The van der Waals surface area contributed by atoms with Crippen molar-refractivity contribution in [1.82, 2.24) is 4.98 Å². The molecule has 0 unspecified atom stereocenters. The molecule has 1 heterocycles. The summed E-state index contributed by atoms with van der Waals surface area (Å²) in [5.74, 6) is 0.736. The van der Waals surface area contributed by atoms with E-state index in [9.17, 15) is 0 Å². The number of nitrogens with zero attached hydrogens (tertiary/aromatic N) is 2. The highest BCUT2D eigenvalue weighted by Crippen LogP contribution is 2.26. The number of pyridine rings is 1. The normalized spacial score (nSPS) is 9.93. The van der Waals surface area contributed by atoms with Crippen LogP contribution in [-0.4, -0.2) is 12.1 Å². The maximum Gasteiger partial charge on any atom is 0.145 e. The van der Waals surface area contributed by atoms with Crippen LogP contribution in [0.25, 0.3) is 10.9 Å². The summed E-state index contributed by atoms with van der Waals surface area (Å²) in [5.41, 5.74) is 2.46. The molecule has 0 fully saturated rings. The molecule has 0 radical (unpaired) electrons. The van der Waals surface area contributed by atoms with Crippen molar-refractivity contribution in [1.29, 1.82) is 5.26 Å². The van der Waals surface area contributed by atoms with Gasteiger partial charge in [-0.05, 0) is 24.6 Å². The Morgan fingerprint density at radius 1 is 1.40 bits per heavy atom. The molecule has 1 aromatic carbocycles. The smallest absolute Gasteiger partial charge is 0.145 e. The Kier molecular flexibility index (Phi) is 2.26. The molecule has 2 aromatic rings. The Morgan fingerprint density at radius 2 is 2.20 bits per heavy atom. The number of methoxy groups -OCH3 is 1. The van der Waals surface area contributed by atoms with Gasteiger partial charge in [0.2, 0.25) is 0 Å². The number of rotatable bonds is 1. The molecule has 3 heteroatoms. The highest BCUT2D eigenvalue weighted by Gasteiger charge is 2.05. The number of aromatic nitrogens is 1. The van der Waals surface area contributed by atoms with E-state index < -0.39 is 0 Å². The van der Waals surface area contributed by atoms with Crippen molar-refractivity contribution in [2.24, 2.45) is 0 Å². The third kappa shape index (κ3) is 1.50. The van der Waals surface area contributed by atoms with Crippen LogP contribution >= 0.6 is 0 Å². The molecule has 3 nitrogen and oxygen atoms in total. The van der Waals surface area contributed by atoms with Crippen LogP contribution in [-0.2, 0) is 0 Å². The standard InChI is InChI=1S/C12H10N2O/c1-8-3-4-11(15-2)12-10(8)5-9(6-13)7-14-12/h3-5,7H,1-2H3. The Labute approximate surface area is 87.9 Å². The molecule has 0 spiro atoms. The zero-order valence-corrected chi connectivity index (χ0v) is 8.61. The quantitative estimate of drug-likeness (QED) is 0.706. The van der Waals surface area contributed by atoms with Crippen LogP contribution in [0.2, 0.25) is 0 Å². The Balaban J connectivity index is 2.83. The molecule has 0 N–H and O–H groups in total. The summed E-state index contributed by atoms with van der Waals surface area (Å²) < 4.78 is 5.21. The summed E-state index contributed by atoms with van der Waals surface area (Å²) in [5, 5.41) is 9.76. The minimum absolute atomic E-state index is 0.568. The zero-order chi connectivity index (χ0) is 10.8. The topological polar surface area (TPSA) is 45.9 Å². The van der Waals surface area contributed by atoms with E-state index in [1.807, 2.05) is 25.1 Å². The fraction of sp³-hybridized carbons (Fsp3) is 0.167. The number of benzene rings is 1. The molecule has 74 valence electrons. The van der Waals surface area contributed by atoms with Gasteiger partial charge >= 0.3 is 0 Å². The predicted molar refractivity (Wildman–Crippen MR) is 57.7 cm³/mol. The van der Waals surface area contributed by atoms with E-state index in [0.717, 1.165) is 22.2 Å². The van der Waals surface area contributed by atoms with Gasteiger partial charge in [0.05, 0.1) is 12.7 Å². The number of hydrogen-bond donors (Lipinski definition) is 0. The minimum Gasteiger partial charge on any atom is -0.494 e. The fourth-order valence-corrected chi connectivity index (χ4v) is 1.56. The first kappa shape index (κ1) is 9.47. The highest BCUT2D eigenvalue weighted by atomic mass is 16.5. The maximum absolute atomic E-state index is 8.79. The van der Waals surface area contributed by atoms with Crippen LogP contribution in [0.4, 0.5) is 0 Å². The van der Waals surface area contributed by atoms with Gasteiger partial charge in [-0.3, -0.25) is 4.98 Å². The molecule has 0 saturated heterocycles. The van der Waals surface area contributed by atoms with E-state index in [0.29, 0.717) is 5.56 Å². The molecule has 2 rings (SSSR count). The largest absolute Gasteiger partial charge is 0.494 e. The molecular weight excluding hydrogens is 188 g/mol. The zero-order valence-electron chi connectivity index (χ0n) is 8.61. The summed E-state index contributed by atoms with van der Waals surface area (Å²) in [6.45, 7) is 1.99. The lowest BCUT2D eigenvalue weighted by atomic mass is 10.1. The van der Waals surface area contributed by atoms with Gasteiger partial charge in [0.25, 0.3) is 0 Å². The number of ether oxygens (including phenoxy) is 1. The van der Waals surface area contributed by atoms with Crippen LogP contribution in [0.1, 0.15) is 11.1 Å². The average Bonchev–Trinajstić information content (AvgIpc) is 2.29. The highest BCUT2D eigenvalue weighted by molar-refractivity contribution is 5.88. The van der Waals surface area contributed by atoms with Gasteiger partial charge in [0.15, 0.2) is 0 Å². The number of nitriles is 1. The van der Waals surface area contributed by atoms with Crippen molar-refractivity contribution < 1.29 is 4.74 Å². The predicted octanol–water partition coefficient (Wildman–Crippen LogP) is 2.42. The van der Waals surface area contributed by atoms with Gasteiger partial charge in [-0.1, -0.05) is 6.07 Å². The molecule has 0 bridgehead atoms. The van der Waals surface area contributed by atoms with Crippen molar-refractivity contribution in [3.63, 3.8) is 0 Å². The van der Waals surface area contributed by atoms with E-state index in [1.54, 1.807) is 13.3 Å². The van der Waals surface area contributed by atoms with Gasteiger partial charge in [-0.2, -0.15) is 5.26 Å². The van der Waals surface area contributed by atoms with E-state index >= 15 is 0 Å². The first-order chi connectivity index (χ1) is 7.26. The second-order valence-electron chi connectivity index (χ2n) is 3.32. The fourth-order valence-electron chi connectivity index (χ4n) is 1.56. The van der Waals surface area contributed by atoms with Gasteiger partial charge in [-0.25, -0.2) is 0 Å². The molecule has 0 aliphatic heterocycles. The van der Waals surface area contributed by atoms with E-state index in [-0.39, 0.29) is 0 Å². The molecule has 0 atom stereocenters. The second-order valence-corrected chi connectivity index (χ2v) is 3.32. The van der Waals surface area contributed by atoms with Gasteiger partial charge in [0, 0.05) is 11.6 Å². The van der Waals surface area contributed by atoms with Crippen LogP contribution < -0.4 is 4.74 Å². The number of fused-ring (bicyclic) bond motifs is 1. The first-order valence-electron chi connectivity index (χ1n) is 4.59. The maximum atomic E-state index is 8.79. The molecule has 1 aromatic heterocycles. The Morgan fingerprint density at radius 3 is 2.87 bits per heavy atom. The first-order valence-corrected chi connectivity index (χ1v) is 4.59. The lowest BCUT2D eigenvalue weighted by Gasteiger charge is -2.06. The third-order valence-electron chi connectivity index (χ3n) is 2.38. The molecule has 0 amide bonds. The van der Waals surface area contributed by atoms with Crippen molar-refractivity contribution in [2.45, 2.75) is 6.92 Å². The van der Waals surface area contributed by atoms with Gasteiger partial charge < -0.3 is 4.74 Å². The summed E-state index contributed by atoms with van der Waals surface area (Å²) in [7, 11) is 1.62. The summed E-state index contributed by atoms with van der Waals surface area (Å²) in [6.07, 6.45) is 1.56. The number of hydrogen-bond acceptors (Lipinski definition) is 3. The van der Waals surface area contributed by atoms with Crippen LogP contribution in [0.15, 0.2) is 24.4 Å². The van der Waals surface area contributed by atoms with Crippen molar-refractivity contribution in [3.8, 4) is 11.8 Å². The van der Waals surface area contributed by atoms with Gasteiger partial charge in [0.1, 0.15) is 17.3 Å². The lowest BCUT2D eigenvalue weighted by molar-refractivity contribution is 0.419. The van der Waals surface area contributed by atoms with Crippen LogP contribution in [0.3, 0.4) is 0 Å².